The molecule has 6 heteroatoms. The van der Waals surface area contributed by atoms with Crippen LogP contribution in [0, 0.1) is 6.92 Å². The molecule has 0 bridgehead atoms. The fourth-order valence-electron chi connectivity index (χ4n) is 2.43. The van der Waals surface area contributed by atoms with Crippen molar-refractivity contribution in [3.63, 3.8) is 0 Å². The fraction of sp³-hybridized carbons (Fsp3) is 0.467. The molecule has 1 aliphatic rings. The second-order valence-corrected chi connectivity index (χ2v) is 5.47. The van der Waals surface area contributed by atoms with Crippen molar-refractivity contribution in [2.24, 2.45) is 0 Å². The zero-order valence-corrected chi connectivity index (χ0v) is 12.6. The molecule has 1 fully saturated rings. The van der Waals surface area contributed by atoms with Gasteiger partial charge in [0.05, 0.1) is 24.5 Å². The summed E-state index contributed by atoms with van der Waals surface area (Å²) in [5.74, 6) is -0.0935. The number of rotatable bonds is 3. The maximum absolute atomic E-state index is 12.2. The number of benzene rings is 1. The summed E-state index contributed by atoms with van der Waals surface area (Å²) >= 11 is 0. The predicted molar refractivity (Wildman–Crippen MR) is 82.9 cm³/mol. The van der Waals surface area contributed by atoms with E-state index in [2.05, 4.69) is 5.32 Å². The van der Waals surface area contributed by atoms with E-state index in [1.807, 2.05) is 24.0 Å². The molecule has 1 aromatic rings. The van der Waals surface area contributed by atoms with Crippen LogP contribution in [-0.4, -0.2) is 54.8 Å². The second kappa shape index (κ2) is 6.58. The van der Waals surface area contributed by atoms with Crippen LogP contribution in [0.2, 0.25) is 0 Å². The molecule has 1 aromatic carbocycles. The Balaban J connectivity index is 1.97. The Kier molecular flexibility index (Phi) is 4.80. The lowest BCUT2D eigenvalue weighted by Gasteiger charge is -2.19. The molecule has 0 spiro atoms. The number of nitrogen functional groups attached to an aromatic ring is 1. The van der Waals surface area contributed by atoms with Crippen molar-refractivity contribution in [3.8, 4) is 0 Å². The Morgan fingerprint density at radius 2 is 2.14 bits per heavy atom. The van der Waals surface area contributed by atoms with Gasteiger partial charge >= 0.3 is 0 Å². The topological polar surface area (TPSA) is 78.7 Å². The summed E-state index contributed by atoms with van der Waals surface area (Å²) in [5.41, 5.74) is 8.01. The first kappa shape index (κ1) is 15.3. The van der Waals surface area contributed by atoms with Crippen LogP contribution in [0.1, 0.15) is 12.0 Å². The number of anilines is 2. The van der Waals surface area contributed by atoms with Gasteiger partial charge in [0.15, 0.2) is 0 Å². The van der Waals surface area contributed by atoms with Crippen LogP contribution >= 0.6 is 0 Å². The molecule has 0 unspecified atom stereocenters. The summed E-state index contributed by atoms with van der Waals surface area (Å²) in [6.45, 7) is 3.87. The van der Waals surface area contributed by atoms with Crippen LogP contribution in [0.4, 0.5) is 11.4 Å². The zero-order chi connectivity index (χ0) is 15.4. The number of nitrogens with one attached hydrogen (secondary N) is 1. The summed E-state index contributed by atoms with van der Waals surface area (Å²) in [7, 11) is 1.79. The third-order valence-electron chi connectivity index (χ3n) is 3.69. The normalized spacial score (nSPS) is 16.7. The number of aryl methyl sites for hydroxylation is 1. The van der Waals surface area contributed by atoms with Crippen LogP contribution in [0.25, 0.3) is 0 Å². The summed E-state index contributed by atoms with van der Waals surface area (Å²) < 4.78 is 0. The molecule has 3 N–H and O–H groups in total. The highest BCUT2D eigenvalue weighted by Gasteiger charge is 2.21. The molecule has 1 aliphatic heterocycles. The number of carbonyl (C=O) groups is 2. The monoisotopic (exact) mass is 290 g/mol. The molecular formula is C15H22N4O2. The van der Waals surface area contributed by atoms with Gasteiger partial charge in [-0.25, -0.2) is 0 Å². The molecule has 2 rings (SSSR count). The summed E-state index contributed by atoms with van der Waals surface area (Å²) in [5, 5.41) is 2.84. The van der Waals surface area contributed by atoms with Gasteiger partial charge in [-0.1, -0.05) is 12.1 Å². The number of nitrogens with zero attached hydrogens (tertiary/aromatic N) is 2. The van der Waals surface area contributed by atoms with Crippen LogP contribution in [0.5, 0.6) is 0 Å². The molecule has 6 nitrogen and oxygen atoms in total. The first-order valence-electron chi connectivity index (χ1n) is 7.08. The molecule has 1 saturated heterocycles. The average molecular weight is 290 g/mol. The van der Waals surface area contributed by atoms with E-state index in [9.17, 15) is 9.59 Å². The van der Waals surface area contributed by atoms with Gasteiger partial charge in [-0.3, -0.25) is 14.5 Å². The van der Waals surface area contributed by atoms with E-state index >= 15 is 0 Å². The molecule has 0 radical (unpaired) electrons. The van der Waals surface area contributed by atoms with Gasteiger partial charge in [-0.05, 0) is 25.0 Å². The smallest absolute Gasteiger partial charge is 0.238 e. The Hall–Kier alpha value is -2.08. The molecule has 0 aliphatic carbocycles. The van der Waals surface area contributed by atoms with Gasteiger partial charge < -0.3 is 16.0 Å². The Labute approximate surface area is 124 Å². The minimum atomic E-state index is -0.145. The minimum absolute atomic E-state index is 0.0516. The number of hydrogen-bond acceptors (Lipinski definition) is 4. The summed E-state index contributed by atoms with van der Waals surface area (Å²) in [4.78, 5) is 27.5. The second-order valence-electron chi connectivity index (χ2n) is 5.47. The van der Waals surface area contributed by atoms with Gasteiger partial charge in [-0.15, -0.1) is 0 Å². The Morgan fingerprint density at radius 1 is 1.38 bits per heavy atom. The van der Waals surface area contributed by atoms with Crippen molar-refractivity contribution >= 4 is 23.2 Å². The first-order valence-corrected chi connectivity index (χ1v) is 7.08. The molecule has 0 saturated carbocycles. The van der Waals surface area contributed by atoms with E-state index in [1.54, 1.807) is 18.0 Å². The number of likely N-dealkylation sites (N-methyl/N-ethyl adjacent to an activating group) is 1. The summed E-state index contributed by atoms with van der Waals surface area (Å²) in [6.07, 6.45) is 0.877. The van der Waals surface area contributed by atoms with E-state index in [1.165, 1.54) is 0 Å². The third-order valence-corrected chi connectivity index (χ3v) is 3.69. The van der Waals surface area contributed by atoms with E-state index in [0.29, 0.717) is 11.4 Å². The number of amides is 2. The molecule has 0 atom stereocenters. The lowest BCUT2D eigenvalue weighted by Crippen LogP contribution is -2.38. The largest absolute Gasteiger partial charge is 0.397 e. The van der Waals surface area contributed by atoms with Crippen LogP contribution in [0.15, 0.2) is 18.2 Å². The van der Waals surface area contributed by atoms with Gasteiger partial charge in [-0.2, -0.15) is 0 Å². The van der Waals surface area contributed by atoms with Gasteiger partial charge in [0.2, 0.25) is 11.8 Å². The van der Waals surface area contributed by atoms with Crippen molar-refractivity contribution in [2.45, 2.75) is 13.3 Å². The predicted octanol–water partition coefficient (Wildman–Crippen LogP) is 0.680. The molecule has 114 valence electrons. The lowest BCUT2D eigenvalue weighted by atomic mass is 10.1. The third kappa shape index (κ3) is 3.95. The quantitative estimate of drug-likeness (QED) is 0.802. The zero-order valence-electron chi connectivity index (χ0n) is 12.6. The Morgan fingerprint density at radius 3 is 2.86 bits per heavy atom. The van der Waals surface area contributed by atoms with Crippen molar-refractivity contribution in [2.75, 3.05) is 44.3 Å². The number of para-hydroxylation sites is 1. The highest BCUT2D eigenvalue weighted by atomic mass is 16.2. The maximum Gasteiger partial charge on any atom is 0.238 e. The number of carbonyl (C=O) groups excluding carboxylic acids is 2. The van der Waals surface area contributed by atoms with E-state index in [0.717, 1.165) is 25.1 Å². The van der Waals surface area contributed by atoms with Gasteiger partial charge in [0, 0.05) is 20.1 Å². The van der Waals surface area contributed by atoms with Crippen molar-refractivity contribution < 1.29 is 9.59 Å². The lowest BCUT2D eigenvalue weighted by molar-refractivity contribution is -0.130. The molecule has 2 amide bonds. The average Bonchev–Trinajstić information content (AvgIpc) is 2.56. The van der Waals surface area contributed by atoms with Gasteiger partial charge in [0.25, 0.3) is 0 Å². The van der Waals surface area contributed by atoms with Crippen molar-refractivity contribution in [1.82, 2.24) is 9.80 Å². The van der Waals surface area contributed by atoms with E-state index in [4.69, 9.17) is 5.73 Å². The molecule has 21 heavy (non-hydrogen) atoms. The van der Waals surface area contributed by atoms with Crippen LogP contribution < -0.4 is 11.1 Å². The first-order chi connectivity index (χ1) is 9.97. The molecule has 0 aromatic heterocycles. The van der Waals surface area contributed by atoms with E-state index < -0.39 is 0 Å². The minimum Gasteiger partial charge on any atom is -0.397 e. The summed E-state index contributed by atoms with van der Waals surface area (Å²) in [6, 6.07) is 5.51. The van der Waals surface area contributed by atoms with Crippen molar-refractivity contribution in [1.29, 1.82) is 0 Å². The fourth-order valence-corrected chi connectivity index (χ4v) is 2.43. The van der Waals surface area contributed by atoms with Crippen molar-refractivity contribution in [3.05, 3.63) is 23.8 Å². The van der Waals surface area contributed by atoms with Crippen LogP contribution in [-0.2, 0) is 9.59 Å². The highest BCUT2D eigenvalue weighted by Crippen LogP contribution is 2.22. The standard InChI is InChI=1S/C15H22N4O2/c1-11-5-3-6-12(16)15(11)17-13(20)9-19-8-4-7-18(2)14(21)10-19/h3,5-6H,4,7-10,16H2,1-2H3,(H,17,20). The highest BCUT2D eigenvalue weighted by molar-refractivity contribution is 5.96. The van der Waals surface area contributed by atoms with Crippen LogP contribution in [0.3, 0.4) is 0 Å². The van der Waals surface area contributed by atoms with E-state index in [-0.39, 0.29) is 24.9 Å². The SMILES string of the molecule is Cc1cccc(N)c1NC(=O)CN1CCCN(C)C(=O)C1. The van der Waals surface area contributed by atoms with Gasteiger partial charge in [0.1, 0.15) is 0 Å². The number of hydrogen-bond donors (Lipinski definition) is 2. The number of nitrogens with two attached hydrogens (primary N) is 1. The Bertz CT molecular complexity index is 524. The maximum atomic E-state index is 12.2. The molecule has 1 heterocycles. The molecular weight excluding hydrogens is 268 g/mol.